The SMILES string of the molecule is CC(C)C.CCNc1ncnc2cc(Cl)ccc12. The van der Waals surface area contributed by atoms with Crippen molar-refractivity contribution in [3.8, 4) is 0 Å². The summed E-state index contributed by atoms with van der Waals surface area (Å²) in [7, 11) is 0. The maximum absolute atomic E-state index is 5.87. The maximum Gasteiger partial charge on any atom is 0.137 e. The van der Waals surface area contributed by atoms with Gasteiger partial charge in [-0.15, -0.1) is 0 Å². The average Bonchev–Trinajstić information content (AvgIpc) is 2.28. The van der Waals surface area contributed by atoms with E-state index in [-0.39, 0.29) is 0 Å². The number of nitrogens with one attached hydrogen (secondary N) is 1. The number of hydrogen-bond acceptors (Lipinski definition) is 3. The fourth-order valence-corrected chi connectivity index (χ4v) is 1.50. The van der Waals surface area contributed by atoms with E-state index < -0.39 is 0 Å². The lowest BCUT2D eigenvalue weighted by molar-refractivity contribution is 0.737. The molecule has 0 bridgehead atoms. The molecule has 1 N–H and O–H groups in total. The zero-order valence-electron chi connectivity index (χ0n) is 11.4. The number of nitrogens with zero attached hydrogens (tertiary/aromatic N) is 2. The lowest BCUT2D eigenvalue weighted by Crippen LogP contribution is -2.00. The highest BCUT2D eigenvalue weighted by Gasteiger charge is 2.01. The van der Waals surface area contributed by atoms with Crippen LogP contribution in [0.1, 0.15) is 27.7 Å². The summed E-state index contributed by atoms with van der Waals surface area (Å²) in [5.41, 5.74) is 0.864. The third kappa shape index (κ3) is 4.49. The van der Waals surface area contributed by atoms with E-state index in [0.29, 0.717) is 5.02 Å². The molecular weight excluding hydrogens is 246 g/mol. The number of fused-ring (bicyclic) bond motifs is 1. The second-order valence-corrected chi connectivity index (χ2v) is 5.08. The Morgan fingerprint density at radius 2 is 1.89 bits per heavy atom. The van der Waals surface area contributed by atoms with Crippen molar-refractivity contribution in [2.24, 2.45) is 5.92 Å². The van der Waals surface area contributed by atoms with E-state index in [1.807, 2.05) is 25.1 Å². The molecule has 2 rings (SSSR count). The van der Waals surface area contributed by atoms with E-state index in [0.717, 1.165) is 29.2 Å². The van der Waals surface area contributed by atoms with Crippen LogP contribution in [0, 0.1) is 5.92 Å². The van der Waals surface area contributed by atoms with E-state index in [2.05, 4.69) is 36.1 Å². The summed E-state index contributed by atoms with van der Waals surface area (Å²) in [5, 5.41) is 4.87. The zero-order chi connectivity index (χ0) is 13.5. The smallest absolute Gasteiger partial charge is 0.137 e. The van der Waals surface area contributed by atoms with Gasteiger partial charge in [-0.1, -0.05) is 32.4 Å². The van der Waals surface area contributed by atoms with Crippen molar-refractivity contribution in [1.29, 1.82) is 0 Å². The van der Waals surface area contributed by atoms with Crippen molar-refractivity contribution in [3.05, 3.63) is 29.5 Å². The third-order valence-corrected chi connectivity index (χ3v) is 2.18. The summed E-state index contributed by atoms with van der Waals surface area (Å²) >= 11 is 5.87. The lowest BCUT2D eigenvalue weighted by Gasteiger charge is -2.05. The van der Waals surface area contributed by atoms with Crippen molar-refractivity contribution >= 4 is 28.3 Å². The molecule has 98 valence electrons. The fourth-order valence-electron chi connectivity index (χ4n) is 1.34. The second kappa shape index (κ2) is 7.17. The Morgan fingerprint density at radius 1 is 1.22 bits per heavy atom. The Hall–Kier alpha value is -1.35. The minimum atomic E-state index is 0.693. The number of halogens is 1. The van der Waals surface area contributed by atoms with Gasteiger partial charge < -0.3 is 5.32 Å². The van der Waals surface area contributed by atoms with Crippen molar-refractivity contribution < 1.29 is 0 Å². The molecule has 0 saturated carbocycles. The molecule has 0 aliphatic rings. The van der Waals surface area contributed by atoms with Gasteiger partial charge in [-0.25, -0.2) is 9.97 Å². The van der Waals surface area contributed by atoms with Gasteiger partial charge in [-0.3, -0.25) is 0 Å². The molecule has 0 aliphatic carbocycles. The highest BCUT2D eigenvalue weighted by molar-refractivity contribution is 6.31. The minimum absolute atomic E-state index is 0.693. The summed E-state index contributed by atoms with van der Waals surface area (Å²) < 4.78 is 0. The van der Waals surface area contributed by atoms with Crippen molar-refractivity contribution in [3.63, 3.8) is 0 Å². The number of aromatic nitrogens is 2. The molecule has 0 spiro atoms. The first-order valence-corrected chi connectivity index (χ1v) is 6.56. The van der Waals surface area contributed by atoms with Crippen LogP contribution in [0.2, 0.25) is 5.02 Å². The van der Waals surface area contributed by atoms with Gasteiger partial charge in [0.15, 0.2) is 0 Å². The Bertz CT molecular complexity index is 495. The summed E-state index contributed by atoms with van der Waals surface area (Å²) in [6.07, 6.45) is 1.54. The topological polar surface area (TPSA) is 37.8 Å². The van der Waals surface area contributed by atoms with Crippen LogP contribution in [0.25, 0.3) is 10.9 Å². The Kier molecular flexibility index (Phi) is 5.86. The first kappa shape index (κ1) is 14.7. The quantitative estimate of drug-likeness (QED) is 0.876. The molecule has 1 heterocycles. The molecule has 0 aliphatic heterocycles. The molecule has 0 amide bonds. The predicted molar refractivity (Wildman–Crippen MR) is 79.2 cm³/mol. The number of benzene rings is 1. The van der Waals surface area contributed by atoms with Crippen molar-refractivity contribution in [1.82, 2.24) is 9.97 Å². The highest BCUT2D eigenvalue weighted by Crippen LogP contribution is 2.21. The maximum atomic E-state index is 5.87. The van der Waals surface area contributed by atoms with Gasteiger partial charge in [0.1, 0.15) is 12.1 Å². The largest absolute Gasteiger partial charge is 0.370 e. The van der Waals surface area contributed by atoms with Gasteiger partial charge in [0, 0.05) is 17.0 Å². The molecule has 1 aromatic carbocycles. The molecular formula is C14H20ClN3. The van der Waals surface area contributed by atoms with E-state index in [9.17, 15) is 0 Å². The van der Waals surface area contributed by atoms with Gasteiger partial charge >= 0.3 is 0 Å². The van der Waals surface area contributed by atoms with Crippen LogP contribution >= 0.6 is 11.6 Å². The van der Waals surface area contributed by atoms with Crippen LogP contribution in [-0.2, 0) is 0 Å². The molecule has 0 fully saturated rings. The molecule has 2 aromatic rings. The molecule has 1 aromatic heterocycles. The van der Waals surface area contributed by atoms with E-state index >= 15 is 0 Å². The molecule has 4 heteroatoms. The normalized spacial score (nSPS) is 10.1. The van der Waals surface area contributed by atoms with Crippen LogP contribution in [0.15, 0.2) is 24.5 Å². The lowest BCUT2D eigenvalue weighted by atomic mass is 10.2. The molecule has 0 radical (unpaired) electrons. The van der Waals surface area contributed by atoms with Crippen LogP contribution in [-0.4, -0.2) is 16.5 Å². The molecule has 0 unspecified atom stereocenters. The number of anilines is 1. The molecule has 3 nitrogen and oxygen atoms in total. The Labute approximate surface area is 114 Å². The minimum Gasteiger partial charge on any atom is -0.370 e. The third-order valence-electron chi connectivity index (χ3n) is 1.94. The standard InChI is InChI=1S/C10H10ClN3.C4H10/c1-2-12-10-8-4-3-7(11)5-9(8)13-6-14-10;1-4(2)3/h3-6H,2H2,1H3,(H,12,13,14);4H,1-3H3. The van der Waals surface area contributed by atoms with Crippen LogP contribution in [0.4, 0.5) is 5.82 Å². The van der Waals surface area contributed by atoms with Crippen LogP contribution in [0.5, 0.6) is 0 Å². The zero-order valence-corrected chi connectivity index (χ0v) is 12.1. The van der Waals surface area contributed by atoms with Gasteiger partial charge in [0.2, 0.25) is 0 Å². The monoisotopic (exact) mass is 265 g/mol. The van der Waals surface area contributed by atoms with Gasteiger partial charge in [0.25, 0.3) is 0 Å². The summed E-state index contributed by atoms with van der Waals surface area (Å²) in [4.78, 5) is 8.31. The second-order valence-electron chi connectivity index (χ2n) is 4.65. The first-order valence-electron chi connectivity index (χ1n) is 6.18. The van der Waals surface area contributed by atoms with Crippen LogP contribution in [0.3, 0.4) is 0 Å². The predicted octanol–water partition coefficient (Wildman–Crippen LogP) is 4.38. The van der Waals surface area contributed by atoms with Gasteiger partial charge in [0.05, 0.1) is 5.52 Å². The van der Waals surface area contributed by atoms with E-state index in [4.69, 9.17) is 11.6 Å². The number of rotatable bonds is 2. The average molecular weight is 266 g/mol. The first-order chi connectivity index (χ1) is 8.54. The molecule has 0 atom stereocenters. The van der Waals surface area contributed by atoms with Crippen molar-refractivity contribution in [2.75, 3.05) is 11.9 Å². The van der Waals surface area contributed by atoms with E-state index in [1.165, 1.54) is 6.33 Å². The van der Waals surface area contributed by atoms with E-state index in [1.54, 1.807) is 0 Å². The summed E-state index contributed by atoms with van der Waals surface area (Å²) in [5.74, 6) is 1.69. The molecule has 18 heavy (non-hydrogen) atoms. The Balaban J connectivity index is 0.000000357. The van der Waals surface area contributed by atoms with Crippen molar-refractivity contribution in [2.45, 2.75) is 27.7 Å². The van der Waals surface area contributed by atoms with Crippen LogP contribution < -0.4 is 5.32 Å². The fraction of sp³-hybridized carbons (Fsp3) is 0.429. The number of hydrogen-bond donors (Lipinski definition) is 1. The van der Waals surface area contributed by atoms with Gasteiger partial charge in [-0.05, 0) is 31.0 Å². The Morgan fingerprint density at radius 3 is 2.50 bits per heavy atom. The highest BCUT2D eigenvalue weighted by atomic mass is 35.5. The van der Waals surface area contributed by atoms with Gasteiger partial charge in [-0.2, -0.15) is 0 Å². The summed E-state index contributed by atoms with van der Waals surface area (Å²) in [6.45, 7) is 9.37. The molecule has 0 saturated heterocycles. The summed E-state index contributed by atoms with van der Waals surface area (Å²) in [6, 6.07) is 5.60.